The highest BCUT2D eigenvalue weighted by Gasteiger charge is 2.50. The fourth-order valence-electron chi connectivity index (χ4n) is 12.0. The Labute approximate surface area is 430 Å². The van der Waals surface area contributed by atoms with Crippen molar-refractivity contribution < 1.29 is 53.8 Å². The Hall–Kier alpha value is -5.07. The maximum Gasteiger partial charge on any atom is 0.410 e. The number of amides is 2. The molecule has 7 aliphatic rings. The third-order valence-corrected chi connectivity index (χ3v) is 16.7. The van der Waals surface area contributed by atoms with E-state index in [-0.39, 0.29) is 55.4 Å². The molecule has 5 bridgehead atoms. The van der Waals surface area contributed by atoms with Crippen molar-refractivity contribution in [3.05, 3.63) is 58.0 Å². The van der Waals surface area contributed by atoms with E-state index >= 15 is 0 Å². The van der Waals surface area contributed by atoms with Gasteiger partial charge in [0, 0.05) is 119 Å². The lowest BCUT2D eigenvalue weighted by molar-refractivity contribution is -0.112. The number of methoxy groups -OCH3 is 1. The molecule has 2 saturated heterocycles. The van der Waals surface area contributed by atoms with Gasteiger partial charge in [0.25, 0.3) is 11.7 Å². The smallest absolute Gasteiger partial charge is 0.410 e. The summed E-state index contributed by atoms with van der Waals surface area (Å²) in [5, 5.41) is 51.3. The Morgan fingerprint density at radius 2 is 1.53 bits per heavy atom. The number of likely N-dealkylation sites (tertiary alicyclic amines) is 1. The molecule has 1 saturated carbocycles. The van der Waals surface area contributed by atoms with Crippen LogP contribution >= 0.6 is 0 Å². The molecule has 1 unspecified atom stereocenters. The average Bonchev–Trinajstić information content (AvgIpc) is 3.87. The highest BCUT2D eigenvalue weighted by atomic mass is 16.7. The molecular formula is C56H80N6O11. The highest BCUT2D eigenvalue weighted by molar-refractivity contribution is 6.19. The number of hydrogen-bond donors (Lipinski definition) is 5. The zero-order valence-corrected chi connectivity index (χ0v) is 44.6. The van der Waals surface area contributed by atoms with Crippen LogP contribution in [0.15, 0.2) is 46.1 Å². The molecule has 9 rings (SSSR count). The van der Waals surface area contributed by atoms with Gasteiger partial charge in [-0.1, -0.05) is 79.0 Å². The second-order valence-corrected chi connectivity index (χ2v) is 22.5. The molecule has 3 fully saturated rings. The number of phenolic OH excluding ortho intramolecular Hbond substituents is 2. The second-order valence-electron chi connectivity index (χ2n) is 22.5. The SMILES string of the molecule is CO[C@H]1/C=C/O[C@@]2(C)Oc3c(C)c(O)c4c(O)c(c5c(c4c3C2=O)=NC2(CCN(CC(C)C)CC2)N=5)NC(=O)/C(C)=C\C=C\C(C)[C@H](O)[C@@H](C)[C@@H](O)[C@@H](C)[C@H](OC(=O)N2CCN(CC3CCCCC3)CC2)[C@@H]1C. The van der Waals surface area contributed by atoms with Gasteiger partial charge >= 0.3 is 11.9 Å². The van der Waals surface area contributed by atoms with Gasteiger partial charge in [-0.05, 0) is 44.6 Å². The molecule has 9 atom stereocenters. The number of benzene rings is 2. The Morgan fingerprint density at radius 1 is 0.863 bits per heavy atom. The van der Waals surface area contributed by atoms with Crippen LogP contribution in [-0.2, 0) is 19.0 Å². The lowest BCUT2D eigenvalue weighted by Gasteiger charge is -2.40. The number of ketones is 1. The largest absolute Gasteiger partial charge is 0.507 e. The van der Waals surface area contributed by atoms with E-state index in [0.29, 0.717) is 50.9 Å². The maximum atomic E-state index is 15.0. The quantitative estimate of drug-likeness (QED) is 0.195. The molecule has 1 aliphatic carbocycles. The summed E-state index contributed by atoms with van der Waals surface area (Å²) in [6.45, 7) is 22.0. The number of piperidine rings is 1. The van der Waals surface area contributed by atoms with Gasteiger partial charge in [-0.3, -0.25) is 24.5 Å². The van der Waals surface area contributed by atoms with Crippen LogP contribution in [0.4, 0.5) is 10.5 Å². The number of fused-ring (bicyclic) bond motifs is 13. The van der Waals surface area contributed by atoms with Crippen molar-refractivity contribution >= 4 is 34.2 Å². The van der Waals surface area contributed by atoms with Gasteiger partial charge in [-0.2, -0.15) is 0 Å². The summed E-state index contributed by atoms with van der Waals surface area (Å²) >= 11 is 0. The normalized spacial score (nSPS) is 32.3. The molecule has 5 N–H and O–H groups in total. The number of anilines is 1. The van der Waals surface area contributed by atoms with Gasteiger partial charge in [0.1, 0.15) is 28.6 Å². The molecule has 2 amide bonds. The topological polar surface area (TPSA) is 216 Å². The number of nitrogens with zero attached hydrogens (tertiary/aromatic N) is 5. The first-order valence-corrected chi connectivity index (χ1v) is 26.7. The molecule has 0 aromatic heterocycles. The molecule has 2 aromatic rings. The van der Waals surface area contributed by atoms with Crippen LogP contribution in [0, 0.1) is 42.4 Å². The predicted octanol–water partition coefficient (Wildman–Crippen LogP) is 6.52. The molecule has 400 valence electrons. The van der Waals surface area contributed by atoms with Crippen molar-refractivity contribution in [1.82, 2.24) is 14.7 Å². The summed E-state index contributed by atoms with van der Waals surface area (Å²) in [5.74, 6) is -5.29. The maximum absolute atomic E-state index is 15.0. The summed E-state index contributed by atoms with van der Waals surface area (Å²) in [4.78, 5) is 60.1. The standard InChI is InChI=1S/C56H80N6O11/c1-31(2)29-60-22-20-56(21-23-60)58-43-40-41-48(65)37(8)51-42(40)52(67)55(9,73-51)71-28-19-39(70-10)34(5)50(72-54(69)62-26-24-61(25-27-62)30-38-17-12-11-13-18-38)36(7)47(64)35(6)46(63)32(3)15-14-16-33(4)53(68)57-45(49(41)66)44(43)59-56/h14-16,19,28,31-32,34-36,38-39,46-47,50,63-66H,11-13,17-18,20-27,29-30H2,1-10H3,(H,57,68)/b15-14+,28-19+,33-16-/t32?,34-,35-,36-,39+,46+,47-,50-,55+/m1/s1. The zero-order valence-electron chi connectivity index (χ0n) is 44.6. The van der Waals surface area contributed by atoms with E-state index in [1.807, 2.05) is 13.8 Å². The van der Waals surface area contributed by atoms with Crippen LogP contribution in [0.25, 0.3) is 10.8 Å². The van der Waals surface area contributed by atoms with Crippen molar-refractivity contribution in [1.29, 1.82) is 0 Å². The summed E-state index contributed by atoms with van der Waals surface area (Å²) in [7, 11) is 1.51. The van der Waals surface area contributed by atoms with E-state index in [1.54, 1.807) is 56.9 Å². The fourth-order valence-corrected chi connectivity index (χ4v) is 12.0. The van der Waals surface area contributed by atoms with Gasteiger partial charge in [0.15, 0.2) is 11.4 Å². The number of carbonyl (C=O) groups is 3. The van der Waals surface area contributed by atoms with Crippen LogP contribution in [0.2, 0.25) is 0 Å². The van der Waals surface area contributed by atoms with Crippen molar-refractivity contribution in [3.63, 3.8) is 0 Å². The highest BCUT2D eigenvalue weighted by Crippen LogP contribution is 2.50. The van der Waals surface area contributed by atoms with Crippen molar-refractivity contribution in [3.8, 4) is 17.2 Å². The first-order chi connectivity index (χ1) is 34.7. The number of carbonyl (C=O) groups excluding carboxylic acids is 3. The van der Waals surface area contributed by atoms with Crippen LogP contribution in [-0.4, -0.2) is 148 Å². The van der Waals surface area contributed by atoms with Crippen molar-refractivity contribution in [2.24, 2.45) is 45.5 Å². The average molecular weight is 1010 g/mol. The van der Waals surface area contributed by atoms with Crippen molar-refractivity contribution in [2.45, 2.75) is 143 Å². The van der Waals surface area contributed by atoms with Gasteiger partial charge in [-0.25, -0.2) is 4.79 Å². The van der Waals surface area contributed by atoms with E-state index in [0.717, 1.165) is 26.2 Å². The number of ether oxygens (including phenoxy) is 4. The molecule has 2 aromatic carbocycles. The van der Waals surface area contributed by atoms with Gasteiger partial charge in [0.2, 0.25) is 0 Å². The Bertz CT molecular complexity index is 2630. The number of aromatic hydroxyl groups is 2. The number of allylic oxidation sites excluding steroid dienone is 2. The number of Topliss-reactive ketones (excluding diaryl/α,β-unsaturated/α-hetero) is 1. The molecule has 17 heteroatoms. The molecule has 6 aliphatic heterocycles. The van der Waals surface area contributed by atoms with Gasteiger partial charge < -0.3 is 54.5 Å². The van der Waals surface area contributed by atoms with E-state index < -0.39 is 83.1 Å². The summed E-state index contributed by atoms with van der Waals surface area (Å²) < 4.78 is 25.1. The molecule has 1 spiro atoms. The minimum absolute atomic E-state index is 0.0428. The minimum atomic E-state index is -1.98. The molecule has 73 heavy (non-hydrogen) atoms. The van der Waals surface area contributed by atoms with E-state index in [2.05, 4.69) is 29.0 Å². The number of phenols is 2. The van der Waals surface area contributed by atoms with E-state index in [4.69, 9.17) is 28.9 Å². The monoisotopic (exact) mass is 1010 g/mol. The van der Waals surface area contributed by atoms with Gasteiger partial charge in [0.05, 0.1) is 40.9 Å². The second kappa shape index (κ2) is 22.0. The van der Waals surface area contributed by atoms with Crippen LogP contribution < -0.4 is 20.8 Å². The molecule has 6 heterocycles. The first-order valence-electron chi connectivity index (χ1n) is 26.7. The lowest BCUT2D eigenvalue weighted by atomic mass is 9.78. The zero-order chi connectivity index (χ0) is 52.7. The predicted molar refractivity (Wildman–Crippen MR) is 277 cm³/mol. The number of aliphatic hydroxyl groups is 2. The molecule has 17 nitrogen and oxygen atoms in total. The van der Waals surface area contributed by atoms with Crippen LogP contribution in [0.1, 0.15) is 116 Å². The number of aliphatic hydroxyl groups excluding tert-OH is 2. The van der Waals surface area contributed by atoms with Crippen LogP contribution in [0.5, 0.6) is 17.2 Å². The number of nitrogens with one attached hydrogen (secondary N) is 1. The fraction of sp³-hybridized carbons (Fsp3) is 0.661. The third kappa shape index (κ3) is 10.9. The van der Waals surface area contributed by atoms with Gasteiger partial charge in [-0.15, -0.1) is 0 Å². The Balaban J connectivity index is 1.16. The summed E-state index contributed by atoms with van der Waals surface area (Å²) in [5.41, 5.74) is -0.559. The van der Waals surface area contributed by atoms with Crippen molar-refractivity contribution in [2.75, 3.05) is 64.8 Å². The lowest BCUT2D eigenvalue weighted by Crippen LogP contribution is -2.52. The molecular weight excluding hydrogens is 933 g/mol. The number of hydrogen-bond acceptors (Lipinski definition) is 15. The summed E-state index contributed by atoms with van der Waals surface area (Å²) in [6, 6.07) is 0. The molecule has 0 radical (unpaired) electrons. The summed E-state index contributed by atoms with van der Waals surface area (Å²) in [6.07, 6.45) is 10.9. The Kier molecular flexibility index (Phi) is 16.4. The Morgan fingerprint density at radius 3 is 2.19 bits per heavy atom. The first kappa shape index (κ1) is 54.2. The van der Waals surface area contributed by atoms with Crippen LogP contribution in [0.3, 0.4) is 0 Å². The third-order valence-electron chi connectivity index (χ3n) is 16.7. The minimum Gasteiger partial charge on any atom is -0.507 e. The number of rotatable bonds is 6. The number of piperazine rings is 1. The van der Waals surface area contributed by atoms with E-state index in [9.17, 15) is 34.8 Å². The van der Waals surface area contributed by atoms with E-state index in [1.165, 1.54) is 52.4 Å².